The zero-order valence-electron chi connectivity index (χ0n) is 22.8. The van der Waals surface area contributed by atoms with Gasteiger partial charge in [-0.25, -0.2) is 9.37 Å². The fourth-order valence-corrected chi connectivity index (χ4v) is 5.71. The summed E-state index contributed by atoms with van der Waals surface area (Å²) in [4.78, 5) is 21.6. The van der Waals surface area contributed by atoms with Crippen molar-refractivity contribution < 1.29 is 35.5 Å². The van der Waals surface area contributed by atoms with Crippen LogP contribution in [0.25, 0.3) is 11.1 Å². The normalized spacial score (nSPS) is 14.8. The number of rotatable bonds is 5. The molecule has 1 aliphatic rings. The Hall–Kier alpha value is -3.28. The van der Waals surface area contributed by atoms with Gasteiger partial charge in [0.15, 0.2) is 0 Å². The summed E-state index contributed by atoms with van der Waals surface area (Å²) in [5, 5.41) is 0. The standard InChI is InChI=1S/C29H28F7N3OS/c1-17-10-21(30)6-7-22(17)23-14-25(39-8-5-9-41-16-39)37-15-24(23)38(4)26(40)27(2,3)18-11-19(28(31,32)33)13-20(12-18)29(34,35)36/h6-7,10-15H,5,8-9,16H2,1-4H3. The number of likely N-dealkylation sites (N-methyl/N-ethyl adjacent to an activating group) is 1. The van der Waals surface area contributed by atoms with Crippen molar-refractivity contribution in [3.63, 3.8) is 0 Å². The topological polar surface area (TPSA) is 36.4 Å². The van der Waals surface area contributed by atoms with Crippen LogP contribution >= 0.6 is 11.8 Å². The van der Waals surface area contributed by atoms with Gasteiger partial charge >= 0.3 is 12.4 Å². The van der Waals surface area contributed by atoms with Crippen molar-refractivity contribution >= 4 is 29.2 Å². The van der Waals surface area contributed by atoms with Gasteiger partial charge in [-0.2, -0.15) is 26.3 Å². The van der Waals surface area contributed by atoms with E-state index in [1.54, 1.807) is 30.8 Å². The Kier molecular flexibility index (Phi) is 8.37. The first-order valence-electron chi connectivity index (χ1n) is 12.7. The lowest BCUT2D eigenvalue weighted by atomic mass is 9.81. The molecule has 1 saturated heterocycles. The van der Waals surface area contributed by atoms with Gasteiger partial charge in [0.1, 0.15) is 11.6 Å². The van der Waals surface area contributed by atoms with Crippen LogP contribution in [-0.2, 0) is 22.6 Å². The molecule has 0 spiro atoms. The molecule has 4 rings (SSSR count). The molecular formula is C29H28F7N3OS. The van der Waals surface area contributed by atoms with E-state index in [1.807, 2.05) is 0 Å². The van der Waals surface area contributed by atoms with E-state index in [2.05, 4.69) is 9.88 Å². The number of carbonyl (C=O) groups excluding carboxylic acids is 1. The molecule has 12 heteroatoms. The van der Waals surface area contributed by atoms with Crippen LogP contribution in [0.15, 0.2) is 48.7 Å². The molecule has 220 valence electrons. The quantitative estimate of drug-likeness (QED) is 0.278. The molecule has 2 heterocycles. The van der Waals surface area contributed by atoms with Crippen LogP contribution in [0.4, 0.5) is 42.2 Å². The number of hydrogen-bond donors (Lipinski definition) is 0. The Morgan fingerprint density at radius 3 is 2.07 bits per heavy atom. The lowest BCUT2D eigenvalue weighted by Crippen LogP contribution is -2.42. The minimum Gasteiger partial charge on any atom is -0.347 e. The smallest absolute Gasteiger partial charge is 0.347 e. The molecule has 3 aromatic rings. The Labute approximate surface area is 237 Å². The van der Waals surface area contributed by atoms with Crippen molar-refractivity contribution in [2.75, 3.05) is 35.0 Å². The largest absolute Gasteiger partial charge is 0.416 e. The maximum atomic E-state index is 13.9. The van der Waals surface area contributed by atoms with Crippen LogP contribution in [0, 0.1) is 12.7 Å². The second-order valence-electron chi connectivity index (χ2n) is 10.5. The van der Waals surface area contributed by atoms with E-state index in [9.17, 15) is 35.5 Å². The number of aromatic nitrogens is 1. The number of pyridine rings is 1. The number of amides is 1. The number of aryl methyl sites for hydroxylation is 1. The zero-order valence-corrected chi connectivity index (χ0v) is 23.6. The molecule has 0 bridgehead atoms. The van der Waals surface area contributed by atoms with Crippen LogP contribution in [0.5, 0.6) is 0 Å². The summed E-state index contributed by atoms with van der Waals surface area (Å²) < 4.78 is 95.2. The second-order valence-corrected chi connectivity index (χ2v) is 11.5. The van der Waals surface area contributed by atoms with Gasteiger partial charge in [-0.15, -0.1) is 11.8 Å². The number of benzene rings is 2. The van der Waals surface area contributed by atoms with E-state index < -0.39 is 46.2 Å². The number of thioether (sulfide) groups is 1. The third-order valence-corrected chi connectivity index (χ3v) is 8.22. The van der Waals surface area contributed by atoms with Crippen molar-refractivity contribution in [2.24, 2.45) is 0 Å². The average molecular weight is 600 g/mol. The number of halogens is 7. The van der Waals surface area contributed by atoms with Crippen molar-refractivity contribution in [1.29, 1.82) is 0 Å². The summed E-state index contributed by atoms with van der Waals surface area (Å²) in [7, 11) is 1.39. The molecule has 2 aromatic carbocycles. The summed E-state index contributed by atoms with van der Waals surface area (Å²) in [6.45, 7) is 5.01. The molecular weight excluding hydrogens is 571 g/mol. The molecule has 4 nitrogen and oxygen atoms in total. The first kappa shape index (κ1) is 30.7. The van der Waals surface area contributed by atoms with E-state index in [1.165, 1.54) is 44.1 Å². The van der Waals surface area contributed by atoms with Crippen LogP contribution in [0.3, 0.4) is 0 Å². The first-order chi connectivity index (χ1) is 19.0. The summed E-state index contributed by atoms with van der Waals surface area (Å²) in [5.74, 6) is 1.13. The van der Waals surface area contributed by atoms with Gasteiger partial charge in [-0.1, -0.05) is 6.07 Å². The van der Waals surface area contributed by atoms with E-state index in [-0.39, 0.29) is 11.8 Å². The predicted octanol–water partition coefficient (Wildman–Crippen LogP) is 8.08. The molecule has 0 unspecified atom stereocenters. The van der Waals surface area contributed by atoms with Gasteiger partial charge in [0.25, 0.3) is 0 Å². The lowest BCUT2D eigenvalue weighted by molar-refractivity contribution is -0.143. The molecule has 1 amide bonds. The minimum absolute atomic E-state index is 0.0325. The summed E-state index contributed by atoms with van der Waals surface area (Å²) >= 11 is 1.74. The molecule has 1 aromatic heterocycles. The highest BCUT2D eigenvalue weighted by molar-refractivity contribution is 7.99. The van der Waals surface area contributed by atoms with Gasteiger partial charge in [-0.05, 0) is 86.0 Å². The highest BCUT2D eigenvalue weighted by Crippen LogP contribution is 2.41. The lowest BCUT2D eigenvalue weighted by Gasteiger charge is -2.33. The SMILES string of the molecule is Cc1cc(F)ccc1-c1cc(N2CCCSC2)ncc1N(C)C(=O)C(C)(C)c1cc(C(F)(F)F)cc(C(F)(F)F)c1. The van der Waals surface area contributed by atoms with E-state index in [0.717, 1.165) is 18.7 Å². The Morgan fingerprint density at radius 2 is 1.54 bits per heavy atom. The van der Waals surface area contributed by atoms with Gasteiger partial charge in [0.2, 0.25) is 5.91 Å². The van der Waals surface area contributed by atoms with Crippen LogP contribution in [0.1, 0.15) is 42.5 Å². The van der Waals surface area contributed by atoms with Crippen molar-refractivity contribution in [3.8, 4) is 11.1 Å². The zero-order chi connectivity index (χ0) is 30.3. The molecule has 0 radical (unpaired) electrons. The highest BCUT2D eigenvalue weighted by atomic mass is 32.2. The van der Waals surface area contributed by atoms with E-state index >= 15 is 0 Å². The second kappa shape index (κ2) is 11.2. The molecule has 0 aliphatic carbocycles. The molecule has 0 atom stereocenters. The number of carbonyl (C=O) groups is 1. The third-order valence-electron chi connectivity index (χ3n) is 7.14. The van der Waals surface area contributed by atoms with Gasteiger partial charge in [-0.3, -0.25) is 4.79 Å². The van der Waals surface area contributed by atoms with Crippen LogP contribution in [0.2, 0.25) is 0 Å². The van der Waals surface area contributed by atoms with Crippen LogP contribution < -0.4 is 9.80 Å². The number of anilines is 2. The highest BCUT2D eigenvalue weighted by Gasteiger charge is 2.41. The fraction of sp³-hybridized carbons (Fsp3) is 0.379. The number of nitrogens with zero attached hydrogens (tertiary/aromatic N) is 3. The summed E-state index contributed by atoms with van der Waals surface area (Å²) in [5.41, 5.74) is -3.27. The number of hydrogen-bond acceptors (Lipinski definition) is 4. The van der Waals surface area contributed by atoms with Crippen LogP contribution in [-0.4, -0.2) is 36.1 Å². The summed E-state index contributed by atoms with van der Waals surface area (Å²) in [6, 6.07) is 7.11. The first-order valence-corrected chi connectivity index (χ1v) is 13.8. The third kappa shape index (κ3) is 6.47. The fourth-order valence-electron chi connectivity index (χ4n) is 4.77. The van der Waals surface area contributed by atoms with Crippen molar-refractivity contribution in [2.45, 2.75) is 45.0 Å². The van der Waals surface area contributed by atoms with E-state index in [4.69, 9.17) is 0 Å². The Morgan fingerprint density at radius 1 is 0.927 bits per heavy atom. The predicted molar refractivity (Wildman–Crippen MR) is 147 cm³/mol. The van der Waals surface area contributed by atoms with Gasteiger partial charge < -0.3 is 9.80 Å². The maximum Gasteiger partial charge on any atom is 0.416 e. The molecule has 1 aliphatic heterocycles. The van der Waals surface area contributed by atoms with Gasteiger partial charge in [0.05, 0.1) is 34.3 Å². The summed E-state index contributed by atoms with van der Waals surface area (Å²) in [6.07, 6.45) is -7.71. The van der Waals surface area contributed by atoms with Crippen molar-refractivity contribution in [1.82, 2.24) is 4.98 Å². The molecule has 1 fully saturated rings. The maximum absolute atomic E-state index is 13.9. The monoisotopic (exact) mass is 599 g/mol. The minimum atomic E-state index is -5.05. The van der Waals surface area contributed by atoms with E-state index in [0.29, 0.717) is 40.5 Å². The van der Waals surface area contributed by atoms with Crippen molar-refractivity contribution in [3.05, 3.63) is 76.7 Å². The molecule has 0 N–H and O–H groups in total. The van der Waals surface area contributed by atoms with Gasteiger partial charge in [0, 0.05) is 19.2 Å². The molecule has 41 heavy (non-hydrogen) atoms. The number of alkyl halides is 6. The average Bonchev–Trinajstić information content (AvgIpc) is 2.91. The molecule has 0 saturated carbocycles. The Bertz CT molecular complexity index is 1420. The Balaban J connectivity index is 1.82.